The lowest BCUT2D eigenvalue weighted by Gasteiger charge is -2.50. The van der Waals surface area contributed by atoms with Crippen LogP contribution in [0.4, 0.5) is 0 Å². The van der Waals surface area contributed by atoms with E-state index in [9.17, 15) is 0 Å². The maximum Gasteiger partial charge on any atom is 0.118 e. The van der Waals surface area contributed by atoms with Crippen LogP contribution in [0.1, 0.15) is 57.4 Å². The first-order valence-electron chi connectivity index (χ1n) is 8.64. The van der Waals surface area contributed by atoms with E-state index < -0.39 is 0 Å². The molecule has 0 atom stereocenters. The molecule has 0 aromatic heterocycles. The zero-order valence-corrected chi connectivity index (χ0v) is 13.6. The quantitative estimate of drug-likeness (QED) is 0.806. The number of hydrogen-bond donors (Lipinski definition) is 0. The molecule has 2 nitrogen and oxygen atoms in total. The fourth-order valence-electron chi connectivity index (χ4n) is 4.25. The van der Waals surface area contributed by atoms with Gasteiger partial charge in [0.1, 0.15) is 5.75 Å². The molecular formula is C19H29NO. The minimum Gasteiger partial charge on any atom is -0.497 e. The molecule has 3 rings (SSSR count). The van der Waals surface area contributed by atoms with Gasteiger partial charge in [-0.25, -0.2) is 0 Å². The molecule has 116 valence electrons. The second kappa shape index (κ2) is 6.39. The SMILES string of the molecule is COc1ccc(C2(N3CCCCC3)CCC(C)CC2)cc1. The molecule has 21 heavy (non-hydrogen) atoms. The van der Waals surface area contributed by atoms with Crippen LogP contribution in [0.25, 0.3) is 0 Å². The Labute approximate surface area is 129 Å². The van der Waals surface area contributed by atoms with Crippen LogP contribution < -0.4 is 4.74 Å². The van der Waals surface area contributed by atoms with Gasteiger partial charge in [-0.1, -0.05) is 25.5 Å². The van der Waals surface area contributed by atoms with Crippen molar-refractivity contribution in [3.05, 3.63) is 29.8 Å². The lowest BCUT2D eigenvalue weighted by Crippen LogP contribution is -2.50. The Balaban J connectivity index is 1.90. The third kappa shape index (κ3) is 2.96. The van der Waals surface area contributed by atoms with Gasteiger partial charge in [-0.15, -0.1) is 0 Å². The normalized spacial score (nSPS) is 31.0. The van der Waals surface area contributed by atoms with E-state index in [-0.39, 0.29) is 0 Å². The summed E-state index contributed by atoms with van der Waals surface area (Å²) in [6, 6.07) is 8.89. The first-order chi connectivity index (χ1) is 10.2. The van der Waals surface area contributed by atoms with Gasteiger partial charge in [0, 0.05) is 5.54 Å². The molecule has 1 aromatic carbocycles. The number of methoxy groups -OCH3 is 1. The minimum atomic E-state index is 0.291. The highest BCUT2D eigenvalue weighted by Gasteiger charge is 2.41. The third-order valence-electron chi connectivity index (χ3n) is 5.69. The summed E-state index contributed by atoms with van der Waals surface area (Å²) in [6.45, 7) is 4.97. The second-order valence-electron chi connectivity index (χ2n) is 6.99. The van der Waals surface area contributed by atoms with Gasteiger partial charge in [-0.05, 0) is 75.2 Å². The van der Waals surface area contributed by atoms with Gasteiger partial charge in [0.05, 0.1) is 7.11 Å². The minimum absolute atomic E-state index is 0.291. The van der Waals surface area contributed by atoms with E-state index in [1.54, 1.807) is 7.11 Å². The lowest BCUT2D eigenvalue weighted by molar-refractivity contribution is 0.0195. The highest BCUT2D eigenvalue weighted by atomic mass is 16.5. The molecule has 1 aliphatic heterocycles. The zero-order chi connectivity index (χ0) is 14.7. The number of hydrogen-bond acceptors (Lipinski definition) is 2. The van der Waals surface area contributed by atoms with Crippen LogP contribution >= 0.6 is 0 Å². The average Bonchev–Trinajstić information content (AvgIpc) is 2.57. The predicted molar refractivity (Wildman–Crippen MR) is 87.7 cm³/mol. The molecule has 0 radical (unpaired) electrons. The van der Waals surface area contributed by atoms with E-state index in [4.69, 9.17) is 4.74 Å². The molecule has 2 fully saturated rings. The number of rotatable bonds is 3. The molecule has 1 saturated heterocycles. The molecule has 0 spiro atoms. The number of nitrogens with zero attached hydrogens (tertiary/aromatic N) is 1. The first-order valence-corrected chi connectivity index (χ1v) is 8.64. The molecule has 0 amide bonds. The Kier molecular flexibility index (Phi) is 4.54. The Hall–Kier alpha value is -1.02. The fraction of sp³-hybridized carbons (Fsp3) is 0.684. The van der Waals surface area contributed by atoms with Gasteiger partial charge in [0.2, 0.25) is 0 Å². The molecule has 2 aliphatic rings. The molecule has 0 N–H and O–H groups in total. The van der Waals surface area contributed by atoms with Crippen molar-refractivity contribution >= 4 is 0 Å². The summed E-state index contributed by atoms with van der Waals surface area (Å²) in [6.07, 6.45) is 9.51. The number of benzene rings is 1. The van der Waals surface area contributed by atoms with E-state index in [1.165, 1.54) is 63.6 Å². The summed E-state index contributed by atoms with van der Waals surface area (Å²) < 4.78 is 5.34. The highest BCUT2D eigenvalue weighted by Crippen LogP contribution is 2.45. The van der Waals surface area contributed by atoms with Crippen molar-refractivity contribution in [2.24, 2.45) is 5.92 Å². The van der Waals surface area contributed by atoms with Crippen molar-refractivity contribution in [3.63, 3.8) is 0 Å². The van der Waals surface area contributed by atoms with Crippen LogP contribution in [0, 0.1) is 5.92 Å². The summed E-state index contributed by atoms with van der Waals surface area (Å²) in [4.78, 5) is 2.80. The van der Waals surface area contributed by atoms with Crippen LogP contribution in [0.5, 0.6) is 5.75 Å². The van der Waals surface area contributed by atoms with Gasteiger partial charge in [0.15, 0.2) is 0 Å². The fourth-order valence-corrected chi connectivity index (χ4v) is 4.25. The molecule has 1 saturated carbocycles. The van der Waals surface area contributed by atoms with Crippen molar-refractivity contribution in [2.75, 3.05) is 20.2 Å². The number of piperidine rings is 1. The maximum absolute atomic E-state index is 5.34. The predicted octanol–water partition coefficient (Wildman–Crippen LogP) is 4.59. The molecule has 1 aromatic rings. The van der Waals surface area contributed by atoms with E-state index in [0.717, 1.165) is 11.7 Å². The van der Waals surface area contributed by atoms with E-state index >= 15 is 0 Å². The molecule has 0 unspecified atom stereocenters. The maximum atomic E-state index is 5.34. The van der Waals surface area contributed by atoms with Crippen LogP contribution in [0.2, 0.25) is 0 Å². The van der Waals surface area contributed by atoms with Crippen molar-refractivity contribution in [1.82, 2.24) is 4.90 Å². The summed E-state index contributed by atoms with van der Waals surface area (Å²) >= 11 is 0. The molecule has 1 aliphatic carbocycles. The Morgan fingerprint density at radius 2 is 1.62 bits per heavy atom. The Morgan fingerprint density at radius 3 is 2.19 bits per heavy atom. The summed E-state index contributed by atoms with van der Waals surface area (Å²) in [5.74, 6) is 1.86. The van der Waals surface area contributed by atoms with Gasteiger partial charge in [-0.3, -0.25) is 4.90 Å². The first kappa shape index (κ1) is 14.9. The monoisotopic (exact) mass is 287 g/mol. The summed E-state index contributed by atoms with van der Waals surface area (Å²) in [7, 11) is 1.75. The average molecular weight is 287 g/mol. The largest absolute Gasteiger partial charge is 0.497 e. The zero-order valence-electron chi connectivity index (χ0n) is 13.6. The van der Waals surface area contributed by atoms with Crippen LogP contribution in [0.15, 0.2) is 24.3 Å². The summed E-state index contributed by atoms with van der Waals surface area (Å²) in [5, 5.41) is 0. The number of likely N-dealkylation sites (tertiary alicyclic amines) is 1. The van der Waals surface area contributed by atoms with Crippen molar-refractivity contribution in [2.45, 2.75) is 57.4 Å². The van der Waals surface area contributed by atoms with E-state index in [0.29, 0.717) is 5.54 Å². The Bertz CT molecular complexity index is 439. The molecule has 0 bridgehead atoms. The summed E-state index contributed by atoms with van der Waals surface area (Å²) in [5.41, 5.74) is 1.80. The van der Waals surface area contributed by atoms with Crippen molar-refractivity contribution in [1.29, 1.82) is 0 Å². The van der Waals surface area contributed by atoms with Crippen LogP contribution in [-0.2, 0) is 5.54 Å². The van der Waals surface area contributed by atoms with E-state index in [2.05, 4.69) is 36.1 Å². The smallest absolute Gasteiger partial charge is 0.118 e. The second-order valence-corrected chi connectivity index (χ2v) is 6.99. The van der Waals surface area contributed by atoms with Gasteiger partial charge < -0.3 is 4.74 Å². The van der Waals surface area contributed by atoms with Crippen molar-refractivity contribution in [3.8, 4) is 5.75 Å². The van der Waals surface area contributed by atoms with Gasteiger partial charge in [0.25, 0.3) is 0 Å². The van der Waals surface area contributed by atoms with Crippen LogP contribution in [-0.4, -0.2) is 25.1 Å². The Morgan fingerprint density at radius 1 is 1.00 bits per heavy atom. The standard InChI is InChI=1S/C19H29NO/c1-16-10-12-19(13-11-16,20-14-4-3-5-15-20)17-6-8-18(21-2)9-7-17/h6-9,16H,3-5,10-15H2,1-2H3. The number of ether oxygens (including phenoxy) is 1. The molecule has 1 heterocycles. The third-order valence-corrected chi connectivity index (χ3v) is 5.69. The highest BCUT2D eigenvalue weighted by molar-refractivity contribution is 5.32. The molecule has 2 heteroatoms. The van der Waals surface area contributed by atoms with Gasteiger partial charge in [-0.2, -0.15) is 0 Å². The van der Waals surface area contributed by atoms with Crippen LogP contribution in [0.3, 0.4) is 0 Å². The lowest BCUT2D eigenvalue weighted by atomic mass is 9.71. The van der Waals surface area contributed by atoms with E-state index in [1.807, 2.05) is 0 Å². The van der Waals surface area contributed by atoms with Crippen molar-refractivity contribution < 1.29 is 4.74 Å². The molecular weight excluding hydrogens is 258 g/mol. The topological polar surface area (TPSA) is 12.5 Å². The van der Waals surface area contributed by atoms with Gasteiger partial charge >= 0.3 is 0 Å².